The Kier molecular flexibility index (Phi) is 18.4. The molecule has 426 valence electrons. The molecule has 0 spiro atoms. The molecule has 1 fully saturated rings. The lowest BCUT2D eigenvalue weighted by Gasteiger charge is -2.38. The monoisotopic (exact) mass is 1080 g/mol. The van der Waals surface area contributed by atoms with Crippen molar-refractivity contribution in [3.8, 4) is 17.2 Å². The SMILES string of the molecule is CO[C@@H](/C=C/O[C@@]1(C)Oc2c(C)c(OC(=O)C(C)(C)C)c3c(c(O)c(N4CCN(Cc5c(C)cc(C)cc5C)CC4)c4nc(C(C)(C)C)oc43)c2C1=O)[C@@H](C)[C@@H](OC(C)=O)[C@H](C)[C@H](O)[C@H](C)[C@@H](O)[C@@H](C)/C=C/C=C(/C)C(=O)O. The zero-order chi connectivity index (χ0) is 58.3. The van der Waals surface area contributed by atoms with Crippen molar-refractivity contribution in [2.45, 2.75) is 160 Å². The number of phenolic OH excluding ortho intramolecular Hbond substituents is 1. The number of hydrogen-bond acceptors (Lipinski definition) is 16. The first-order valence-corrected chi connectivity index (χ1v) is 26.9. The number of ketones is 1. The molecule has 2 aliphatic rings. The fraction of sp³-hybridized carbons (Fsp3) is 0.557. The third-order valence-electron chi connectivity index (χ3n) is 15.4. The van der Waals surface area contributed by atoms with E-state index in [0.29, 0.717) is 43.3 Å². The largest absolute Gasteiger partial charge is 0.505 e. The second-order valence-corrected chi connectivity index (χ2v) is 23.9. The van der Waals surface area contributed by atoms with Crippen molar-refractivity contribution in [3.63, 3.8) is 0 Å². The van der Waals surface area contributed by atoms with Crippen molar-refractivity contribution in [3.05, 3.63) is 87.5 Å². The molecule has 3 heterocycles. The highest BCUT2D eigenvalue weighted by Gasteiger charge is 2.51. The van der Waals surface area contributed by atoms with E-state index in [1.165, 1.54) is 68.5 Å². The normalized spacial score (nSPS) is 19.9. The summed E-state index contributed by atoms with van der Waals surface area (Å²) in [6.07, 6.45) is 3.40. The number of hydrogen-bond donors (Lipinski definition) is 4. The molecule has 2 aliphatic heterocycles. The Morgan fingerprint density at radius 3 is 2.05 bits per heavy atom. The summed E-state index contributed by atoms with van der Waals surface area (Å²) in [5.41, 5.74) is 4.77. The van der Waals surface area contributed by atoms with Gasteiger partial charge in [-0.15, -0.1) is 0 Å². The summed E-state index contributed by atoms with van der Waals surface area (Å²) in [6.45, 7) is 33.3. The van der Waals surface area contributed by atoms with Gasteiger partial charge < -0.3 is 53.4 Å². The molecule has 3 aromatic carbocycles. The van der Waals surface area contributed by atoms with Crippen LogP contribution in [-0.2, 0) is 40.6 Å². The predicted octanol–water partition coefficient (Wildman–Crippen LogP) is 10.1. The van der Waals surface area contributed by atoms with E-state index in [9.17, 15) is 34.8 Å². The minimum absolute atomic E-state index is 0.00498. The van der Waals surface area contributed by atoms with E-state index in [0.717, 1.165) is 6.54 Å². The maximum absolute atomic E-state index is 15.2. The number of anilines is 1. The number of piperazine rings is 1. The minimum atomic E-state index is -2.04. The quantitative estimate of drug-likeness (QED) is 0.0225. The number of methoxy groups -OCH3 is 1. The minimum Gasteiger partial charge on any atom is -0.505 e. The number of aliphatic hydroxyl groups is 2. The number of carbonyl (C=O) groups is 4. The molecule has 4 aromatic rings. The van der Waals surface area contributed by atoms with Crippen molar-refractivity contribution in [2.75, 3.05) is 38.2 Å². The molecule has 1 saturated heterocycles. The Morgan fingerprint density at radius 1 is 0.885 bits per heavy atom. The number of oxazole rings is 1. The van der Waals surface area contributed by atoms with E-state index in [2.05, 4.69) is 42.7 Å². The summed E-state index contributed by atoms with van der Waals surface area (Å²) >= 11 is 0. The number of aliphatic hydroxyl groups excluding tert-OH is 2. The molecule has 0 radical (unpaired) electrons. The lowest BCUT2D eigenvalue weighted by molar-refractivity contribution is -0.160. The lowest BCUT2D eigenvalue weighted by Crippen LogP contribution is -2.46. The van der Waals surface area contributed by atoms with Gasteiger partial charge in [0.25, 0.3) is 5.78 Å². The van der Waals surface area contributed by atoms with Crippen LogP contribution in [0.1, 0.15) is 134 Å². The number of ether oxygens (including phenoxy) is 5. The summed E-state index contributed by atoms with van der Waals surface area (Å²) in [7, 11) is 1.45. The smallest absolute Gasteiger partial charge is 0.331 e. The molecule has 6 rings (SSSR count). The number of rotatable bonds is 19. The average molecular weight is 1080 g/mol. The number of allylic oxidation sites excluding steroid dienone is 2. The molecular formula is C61H83N3O14. The highest BCUT2D eigenvalue weighted by Crippen LogP contribution is 2.56. The Morgan fingerprint density at radius 2 is 1.50 bits per heavy atom. The van der Waals surface area contributed by atoms with Gasteiger partial charge in [-0.25, -0.2) is 9.78 Å². The van der Waals surface area contributed by atoms with E-state index in [-0.39, 0.29) is 50.3 Å². The number of aliphatic carboxylic acids is 1. The second kappa shape index (κ2) is 23.6. The fourth-order valence-corrected chi connectivity index (χ4v) is 10.6. The number of aromatic nitrogens is 1. The van der Waals surface area contributed by atoms with Crippen LogP contribution in [0.2, 0.25) is 0 Å². The Balaban J connectivity index is 1.37. The summed E-state index contributed by atoms with van der Waals surface area (Å²) in [4.78, 5) is 62.5. The first-order valence-electron chi connectivity index (χ1n) is 26.9. The molecule has 0 saturated carbocycles. The maximum atomic E-state index is 15.2. The number of fused-ring (bicyclic) bond motifs is 5. The van der Waals surface area contributed by atoms with E-state index in [1.54, 1.807) is 67.5 Å². The highest BCUT2D eigenvalue weighted by molar-refractivity contribution is 6.26. The number of aryl methyl sites for hydroxylation is 3. The van der Waals surface area contributed by atoms with Gasteiger partial charge in [-0.1, -0.05) is 84.4 Å². The molecule has 17 heteroatoms. The topological polar surface area (TPSA) is 228 Å². The van der Waals surface area contributed by atoms with Crippen molar-refractivity contribution < 1.29 is 67.7 Å². The first kappa shape index (κ1) is 61.0. The summed E-state index contributed by atoms with van der Waals surface area (Å²) < 4.78 is 37.5. The summed E-state index contributed by atoms with van der Waals surface area (Å²) in [5.74, 6) is -7.33. The van der Waals surface area contributed by atoms with Crippen molar-refractivity contribution >= 4 is 51.3 Å². The van der Waals surface area contributed by atoms with Crippen LogP contribution in [0.5, 0.6) is 17.2 Å². The van der Waals surface area contributed by atoms with Gasteiger partial charge in [0.2, 0.25) is 5.89 Å². The van der Waals surface area contributed by atoms with Crippen LogP contribution < -0.4 is 14.4 Å². The number of carboxylic acid groups (broad SMARTS) is 1. The molecule has 0 unspecified atom stereocenters. The Bertz CT molecular complexity index is 3000. The molecule has 78 heavy (non-hydrogen) atoms. The van der Waals surface area contributed by atoms with Crippen LogP contribution in [-0.4, -0.2) is 117 Å². The third kappa shape index (κ3) is 12.6. The van der Waals surface area contributed by atoms with Gasteiger partial charge in [0.05, 0.1) is 40.9 Å². The van der Waals surface area contributed by atoms with Gasteiger partial charge in [-0.05, 0) is 78.2 Å². The number of aromatic hydroxyl groups is 1. The second-order valence-electron chi connectivity index (χ2n) is 23.9. The Labute approximate surface area is 459 Å². The van der Waals surface area contributed by atoms with Crippen molar-refractivity contribution in [2.24, 2.45) is 29.1 Å². The van der Waals surface area contributed by atoms with Gasteiger partial charge in [-0.2, -0.15) is 0 Å². The predicted molar refractivity (Wildman–Crippen MR) is 299 cm³/mol. The molecule has 1 aromatic heterocycles. The number of esters is 2. The highest BCUT2D eigenvalue weighted by atomic mass is 16.7. The van der Waals surface area contributed by atoms with Crippen LogP contribution in [0.4, 0.5) is 5.69 Å². The first-order chi connectivity index (χ1) is 36.2. The van der Waals surface area contributed by atoms with E-state index in [4.69, 9.17) is 33.1 Å². The maximum Gasteiger partial charge on any atom is 0.331 e. The number of benzene rings is 3. The van der Waals surface area contributed by atoms with Crippen LogP contribution in [0.25, 0.3) is 21.9 Å². The number of Topliss-reactive ketones (excluding diaryl/α,β-unsaturated/α-hetero) is 1. The van der Waals surface area contributed by atoms with Gasteiger partial charge in [0.1, 0.15) is 34.6 Å². The van der Waals surface area contributed by atoms with Crippen LogP contribution in [0.3, 0.4) is 0 Å². The van der Waals surface area contributed by atoms with Crippen molar-refractivity contribution in [1.29, 1.82) is 0 Å². The average Bonchev–Trinajstić information content (AvgIpc) is 4.11. The molecule has 9 atom stereocenters. The molecule has 0 aliphatic carbocycles. The molecule has 17 nitrogen and oxygen atoms in total. The Hall–Kier alpha value is -6.27. The zero-order valence-electron chi connectivity index (χ0n) is 48.9. The number of nitrogens with zero attached hydrogens (tertiary/aromatic N) is 3. The van der Waals surface area contributed by atoms with Crippen molar-refractivity contribution in [1.82, 2.24) is 9.88 Å². The van der Waals surface area contributed by atoms with E-state index >= 15 is 4.79 Å². The van der Waals surface area contributed by atoms with Crippen LogP contribution >= 0.6 is 0 Å². The standard InChI is InChI=1S/C61H83N3O14/c1-31-28-34(4)41(35(5)29-31)30-63-23-25-64(26-24-63)47-46-54(76-57(62-46)59(11,12)13)44-43(50(47)68)45-53(39(9)52(44)77-58(72)60(14,15)16)78-61(17,55(45)69)74-27-22-42(73-18)36(6)51(75-40(10)65)38(8)49(67)37(7)48(66)32(2)20-19-21-33(3)56(70)71/h19-22,27-29,32,36-38,42,48-49,51,66-68H,23-26,30H2,1-18H3,(H,70,71)/b20-19+,27-22+,33-21-/t32-,36+,37+,38+,42-,48-,49+,51+,61-/m0/s1. The third-order valence-corrected chi connectivity index (χ3v) is 15.4. The molecule has 4 N–H and O–H groups in total. The van der Waals surface area contributed by atoms with Gasteiger partial charge in [-0.3, -0.25) is 19.3 Å². The zero-order valence-corrected chi connectivity index (χ0v) is 48.9. The van der Waals surface area contributed by atoms with Gasteiger partial charge in [0, 0.05) is 99.3 Å². The molecule has 0 bridgehead atoms. The number of carboxylic acids is 1. The van der Waals surface area contributed by atoms with Crippen LogP contribution in [0, 0.1) is 56.8 Å². The van der Waals surface area contributed by atoms with Gasteiger partial charge >= 0.3 is 23.7 Å². The van der Waals surface area contributed by atoms with E-state index in [1.807, 2.05) is 20.8 Å². The summed E-state index contributed by atoms with van der Waals surface area (Å²) in [6, 6.07) is 4.40. The summed E-state index contributed by atoms with van der Waals surface area (Å²) in [5, 5.41) is 45.3. The lowest BCUT2D eigenvalue weighted by atomic mass is 9.78. The molecular weight excluding hydrogens is 999 g/mol. The van der Waals surface area contributed by atoms with Crippen LogP contribution in [0.15, 0.2) is 52.7 Å². The van der Waals surface area contributed by atoms with Gasteiger partial charge in [0.15, 0.2) is 5.58 Å². The number of phenols is 1. The van der Waals surface area contributed by atoms with E-state index < -0.39 is 88.4 Å². The number of carbonyl (C=O) groups excluding carboxylic acids is 3. The molecule has 0 amide bonds. The fourth-order valence-electron chi connectivity index (χ4n) is 10.6.